The highest BCUT2D eigenvalue weighted by Gasteiger charge is 2.40. The van der Waals surface area contributed by atoms with E-state index in [0.717, 1.165) is 37.8 Å². The van der Waals surface area contributed by atoms with E-state index in [-0.39, 0.29) is 11.7 Å². The molecule has 1 N–H and O–H groups in total. The highest BCUT2D eigenvalue weighted by atomic mass is 19.1. The maximum atomic E-state index is 13.3. The van der Waals surface area contributed by atoms with Crippen molar-refractivity contribution in [2.75, 3.05) is 25.0 Å². The molecule has 3 heterocycles. The number of nitrogens with zero attached hydrogens (tertiary/aromatic N) is 4. The lowest BCUT2D eigenvalue weighted by Crippen LogP contribution is -2.31. The van der Waals surface area contributed by atoms with E-state index in [1.807, 2.05) is 4.57 Å². The molecule has 0 spiro atoms. The van der Waals surface area contributed by atoms with Crippen LogP contribution in [0.2, 0.25) is 0 Å². The summed E-state index contributed by atoms with van der Waals surface area (Å²) in [6.07, 6.45) is 3.63. The highest BCUT2D eigenvalue weighted by Crippen LogP contribution is 2.36. The molecule has 1 amide bonds. The zero-order valence-electron chi connectivity index (χ0n) is 14.6. The summed E-state index contributed by atoms with van der Waals surface area (Å²) in [5.41, 5.74) is 0.428. The van der Waals surface area contributed by atoms with Crippen LogP contribution in [0.5, 0.6) is 0 Å². The first-order chi connectivity index (χ1) is 12.7. The zero-order valence-corrected chi connectivity index (χ0v) is 14.6. The summed E-state index contributed by atoms with van der Waals surface area (Å²) in [5, 5.41) is 11.1. The molecule has 2 aliphatic heterocycles. The van der Waals surface area contributed by atoms with Gasteiger partial charge < -0.3 is 14.8 Å². The topological polar surface area (TPSA) is 63.1 Å². The average Bonchev–Trinajstić information content (AvgIpc) is 3.18. The molecular weight excluding hydrogens is 333 g/mol. The van der Waals surface area contributed by atoms with Crippen LogP contribution >= 0.6 is 0 Å². The zero-order chi connectivity index (χ0) is 17.7. The largest absolute Gasteiger partial charge is 0.319 e. The molecule has 7 heteroatoms. The predicted octanol–water partition coefficient (Wildman–Crippen LogP) is 2.18. The third-order valence-electron chi connectivity index (χ3n) is 5.84. The van der Waals surface area contributed by atoms with Crippen molar-refractivity contribution in [3.05, 3.63) is 41.7 Å². The number of nitrogens with one attached hydrogen (secondary N) is 1. The van der Waals surface area contributed by atoms with E-state index in [0.29, 0.717) is 23.3 Å². The average molecular weight is 355 g/mol. The molecule has 1 saturated carbocycles. The molecule has 3 aliphatic rings. The third kappa shape index (κ3) is 3.00. The Hall–Kier alpha value is -2.28. The Labute approximate surface area is 151 Å². The van der Waals surface area contributed by atoms with Gasteiger partial charge in [-0.15, -0.1) is 10.2 Å². The van der Waals surface area contributed by atoms with Crippen molar-refractivity contribution in [1.29, 1.82) is 0 Å². The van der Waals surface area contributed by atoms with Gasteiger partial charge in [-0.1, -0.05) is 6.07 Å². The van der Waals surface area contributed by atoms with Gasteiger partial charge in [0.25, 0.3) is 5.91 Å². The van der Waals surface area contributed by atoms with Crippen LogP contribution in [-0.4, -0.2) is 45.2 Å². The Kier molecular flexibility index (Phi) is 3.77. The molecule has 1 aliphatic carbocycles. The fourth-order valence-electron chi connectivity index (χ4n) is 4.36. The Morgan fingerprint density at radius 2 is 2.04 bits per heavy atom. The molecule has 5 rings (SSSR count). The number of anilines is 1. The first kappa shape index (κ1) is 15.9. The standard InChI is InChI=1S/C19H22FN5O/c20-15-2-1-3-16(7-15)21-19(26)18-23-22-17-6-13-9-24(8-12-4-5-12)10-14(13)11-25(17)18/h1-3,7,12-14H,4-6,8-11H2,(H,21,26)/t13-,14-/m1/s1. The molecule has 2 fully saturated rings. The fraction of sp³-hybridized carbons (Fsp3) is 0.526. The van der Waals surface area contributed by atoms with E-state index in [1.165, 1.54) is 31.5 Å². The van der Waals surface area contributed by atoms with Crippen LogP contribution in [0, 0.1) is 23.6 Å². The second kappa shape index (κ2) is 6.16. The minimum Gasteiger partial charge on any atom is -0.319 e. The Morgan fingerprint density at radius 1 is 1.19 bits per heavy atom. The van der Waals surface area contributed by atoms with Gasteiger partial charge in [-0.05, 0) is 48.8 Å². The minimum atomic E-state index is -0.379. The smallest absolute Gasteiger partial charge is 0.293 e. The first-order valence-electron chi connectivity index (χ1n) is 9.37. The monoisotopic (exact) mass is 355 g/mol. The molecule has 6 nitrogen and oxygen atoms in total. The molecule has 1 aromatic heterocycles. The summed E-state index contributed by atoms with van der Waals surface area (Å²) in [6.45, 7) is 4.25. The Morgan fingerprint density at radius 3 is 2.85 bits per heavy atom. The van der Waals surface area contributed by atoms with E-state index < -0.39 is 0 Å². The van der Waals surface area contributed by atoms with Crippen molar-refractivity contribution in [1.82, 2.24) is 19.7 Å². The van der Waals surface area contributed by atoms with E-state index in [9.17, 15) is 9.18 Å². The quantitative estimate of drug-likeness (QED) is 0.913. The van der Waals surface area contributed by atoms with Crippen molar-refractivity contribution in [2.45, 2.75) is 25.8 Å². The van der Waals surface area contributed by atoms with Gasteiger partial charge in [0.1, 0.15) is 11.6 Å². The van der Waals surface area contributed by atoms with Crippen molar-refractivity contribution in [3.8, 4) is 0 Å². The van der Waals surface area contributed by atoms with E-state index >= 15 is 0 Å². The molecule has 1 saturated heterocycles. The molecule has 0 unspecified atom stereocenters. The molecule has 1 aromatic carbocycles. The van der Waals surface area contributed by atoms with Crippen LogP contribution in [0.4, 0.5) is 10.1 Å². The molecule has 0 radical (unpaired) electrons. The normalized spacial score (nSPS) is 25.0. The maximum Gasteiger partial charge on any atom is 0.293 e. The number of carbonyl (C=O) groups is 1. The third-order valence-corrected chi connectivity index (χ3v) is 5.84. The lowest BCUT2D eigenvalue weighted by molar-refractivity contribution is 0.100. The minimum absolute atomic E-state index is 0.323. The van der Waals surface area contributed by atoms with Gasteiger partial charge >= 0.3 is 0 Å². The van der Waals surface area contributed by atoms with E-state index in [4.69, 9.17) is 0 Å². The van der Waals surface area contributed by atoms with Gasteiger partial charge in [-0.25, -0.2) is 4.39 Å². The molecular formula is C19H22FN5O. The predicted molar refractivity (Wildman–Crippen MR) is 94.2 cm³/mol. The summed E-state index contributed by atoms with van der Waals surface area (Å²) in [5.74, 6) is 2.58. The summed E-state index contributed by atoms with van der Waals surface area (Å²) in [6, 6.07) is 5.88. The van der Waals surface area contributed by atoms with Gasteiger partial charge in [-0.3, -0.25) is 4.79 Å². The van der Waals surface area contributed by atoms with Crippen LogP contribution < -0.4 is 5.32 Å². The van der Waals surface area contributed by atoms with Gasteiger partial charge in [-0.2, -0.15) is 0 Å². The summed E-state index contributed by atoms with van der Waals surface area (Å²) >= 11 is 0. The van der Waals surface area contributed by atoms with Gasteiger partial charge in [0.2, 0.25) is 5.82 Å². The van der Waals surface area contributed by atoms with Crippen LogP contribution in [0.3, 0.4) is 0 Å². The number of amides is 1. The Bertz CT molecular complexity index is 846. The number of hydrogen-bond donors (Lipinski definition) is 1. The number of benzene rings is 1. The second-order valence-electron chi connectivity index (χ2n) is 7.90. The van der Waals surface area contributed by atoms with Crippen molar-refractivity contribution < 1.29 is 9.18 Å². The fourth-order valence-corrected chi connectivity index (χ4v) is 4.36. The number of likely N-dealkylation sites (tertiary alicyclic amines) is 1. The maximum absolute atomic E-state index is 13.3. The van der Waals surface area contributed by atoms with Crippen LogP contribution in [0.25, 0.3) is 0 Å². The molecule has 2 aromatic rings. The van der Waals surface area contributed by atoms with Gasteiger partial charge in [0.15, 0.2) is 0 Å². The second-order valence-corrected chi connectivity index (χ2v) is 7.90. The number of halogens is 1. The first-order valence-corrected chi connectivity index (χ1v) is 9.37. The lowest BCUT2D eigenvalue weighted by Gasteiger charge is -2.25. The number of aromatic nitrogens is 3. The highest BCUT2D eigenvalue weighted by molar-refractivity contribution is 6.01. The number of fused-ring (bicyclic) bond motifs is 2. The molecule has 0 bridgehead atoms. The van der Waals surface area contributed by atoms with Gasteiger partial charge in [0.05, 0.1) is 0 Å². The number of hydrogen-bond acceptors (Lipinski definition) is 4. The number of carbonyl (C=O) groups excluding carboxylic acids is 1. The summed E-state index contributed by atoms with van der Waals surface area (Å²) in [7, 11) is 0. The van der Waals surface area contributed by atoms with Crippen molar-refractivity contribution in [2.24, 2.45) is 17.8 Å². The summed E-state index contributed by atoms with van der Waals surface area (Å²) < 4.78 is 15.3. The lowest BCUT2D eigenvalue weighted by atomic mass is 9.89. The summed E-state index contributed by atoms with van der Waals surface area (Å²) in [4.78, 5) is 15.2. The Balaban J connectivity index is 1.31. The van der Waals surface area contributed by atoms with Crippen LogP contribution in [-0.2, 0) is 13.0 Å². The van der Waals surface area contributed by atoms with E-state index in [1.54, 1.807) is 12.1 Å². The van der Waals surface area contributed by atoms with Crippen LogP contribution in [0.15, 0.2) is 24.3 Å². The van der Waals surface area contributed by atoms with Crippen molar-refractivity contribution in [3.63, 3.8) is 0 Å². The van der Waals surface area contributed by atoms with Crippen molar-refractivity contribution >= 4 is 11.6 Å². The molecule has 26 heavy (non-hydrogen) atoms. The SMILES string of the molecule is O=C(Nc1cccc(F)c1)c1nnc2n1C[C@H]1CN(CC3CC3)C[C@H]1C2. The van der Waals surface area contributed by atoms with E-state index in [2.05, 4.69) is 20.4 Å². The van der Waals surface area contributed by atoms with Gasteiger partial charge in [0, 0.05) is 38.3 Å². The molecule has 2 atom stereocenters. The molecule has 136 valence electrons. The van der Waals surface area contributed by atoms with Crippen LogP contribution in [0.1, 0.15) is 29.3 Å². The number of rotatable bonds is 4.